The van der Waals surface area contributed by atoms with Crippen molar-refractivity contribution in [2.75, 3.05) is 14.2 Å². The molecule has 1 N–H and O–H groups in total. The highest BCUT2D eigenvalue weighted by atomic mass is 32.1. The van der Waals surface area contributed by atoms with Crippen molar-refractivity contribution in [3.05, 3.63) is 29.8 Å². The van der Waals surface area contributed by atoms with Crippen molar-refractivity contribution in [1.82, 2.24) is 10.2 Å². The first-order valence-electron chi connectivity index (χ1n) is 6.39. The van der Waals surface area contributed by atoms with E-state index in [2.05, 4.69) is 5.32 Å². The van der Waals surface area contributed by atoms with E-state index in [4.69, 9.17) is 21.7 Å². The van der Waals surface area contributed by atoms with E-state index in [0.717, 1.165) is 11.3 Å². The summed E-state index contributed by atoms with van der Waals surface area (Å²) >= 11 is 5.34. The first kappa shape index (κ1) is 13.2. The molecule has 0 unspecified atom stereocenters. The molecule has 1 aromatic rings. The fourth-order valence-electron chi connectivity index (χ4n) is 2.96. The Morgan fingerprint density at radius 2 is 2.20 bits per heavy atom. The van der Waals surface area contributed by atoms with Crippen LogP contribution in [0.2, 0.25) is 0 Å². The van der Waals surface area contributed by atoms with Crippen molar-refractivity contribution in [2.24, 2.45) is 5.92 Å². The molecule has 2 aliphatic heterocycles. The van der Waals surface area contributed by atoms with E-state index in [9.17, 15) is 4.79 Å². The zero-order valence-electron chi connectivity index (χ0n) is 11.5. The molecule has 0 radical (unpaired) electrons. The maximum absolute atomic E-state index is 12.2. The number of methoxy groups -OCH3 is 1. The van der Waals surface area contributed by atoms with Gasteiger partial charge >= 0.3 is 5.97 Å². The highest BCUT2D eigenvalue weighted by Gasteiger charge is 2.58. The summed E-state index contributed by atoms with van der Waals surface area (Å²) in [7, 11) is 3.20. The Kier molecular flexibility index (Phi) is 2.86. The Bertz CT molecular complexity index is 592. The summed E-state index contributed by atoms with van der Waals surface area (Å²) in [5, 5.41) is 3.78. The molecule has 20 heavy (non-hydrogen) atoms. The summed E-state index contributed by atoms with van der Waals surface area (Å²) in [6.45, 7) is 1.87. The summed E-state index contributed by atoms with van der Waals surface area (Å²) in [5.41, 5.74) is 0.0740. The van der Waals surface area contributed by atoms with Crippen molar-refractivity contribution in [2.45, 2.75) is 18.7 Å². The first-order valence-corrected chi connectivity index (χ1v) is 6.80. The van der Waals surface area contributed by atoms with E-state index >= 15 is 0 Å². The molecular weight excluding hydrogens is 276 g/mol. The van der Waals surface area contributed by atoms with Crippen LogP contribution in [0.5, 0.6) is 5.75 Å². The van der Waals surface area contributed by atoms with Gasteiger partial charge in [0.2, 0.25) is 0 Å². The SMILES string of the molecule is COC(=O)[C@@H]1[C@H]2NC(=S)N(C)[C@@]1(C)Oc1ccccc12. The van der Waals surface area contributed by atoms with E-state index in [1.54, 1.807) is 4.90 Å². The molecule has 1 fully saturated rings. The smallest absolute Gasteiger partial charge is 0.317 e. The van der Waals surface area contributed by atoms with Gasteiger partial charge in [0.1, 0.15) is 11.7 Å². The summed E-state index contributed by atoms with van der Waals surface area (Å²) in [4.78, 5) is 14.0. The van der Waals surface area contributed by atoms with Gasteiger partial charge in [0.15, 0.2) is 10.8 Å². The number of carbonyl (C=O) groups excluding carboxylic acids is 1. The molecule has 0 saturated carbocycles. The van der Waals surface area contributed by atoms with Crippen LogP contribution in [0.25, 0.3) is 0 Å². The molecule has 0 aromatic heterocycles. The molecular formula is C14H16N2O3S. The molecule has 2 bridgehead atoms. The molecule has 3 rings (SSSR count). The zero-order chi connectivity index (χ0) is 14.5. The van der Waals surface area contributed by atoms with E-state index in [-0.39, 0.29) is 12.0 Å². The first-order chi connectivity index (χ1) is 9.49. The molecule has 1 saturated heterocycles. The quantitative estimate of drug-likeness (QED) is 0.624. The van der Waals surface area contributed by atoms with E-state index in [1.165, 1.54) is 7.11 Å². The molecule has 0 aliphatic carbocycles. The van der Waals surface area contributed by atoms with Crippen LogP contribution in [0.4, 0.5) is 0 Å². The Morgan fingerprint density at radius 3 is 2.90 bits per heavy atom. The Labute approximate surface area is 122 Å². The van der Waals surface area contributed by atoms with Gasteiger partial charge in [-0.15, -0.1) is 0 Å². The third-order valence-electron chi connectivity index (χ3n) is 4.19. The number of nitrogens with zero attached hydrogens (tertiary/aromatic N) is 1. The Morgan fingerprint density at radius 1 is 1.50 bits per heavy atom. The number of ether oxygens (including phenoxy) is 2. The number of rotatable bonds is 1. The van der Waals surface area contributed by atoms with Crippen molar-refractivity contribution >= 4 is 23.3 Å². The topological polar surface area (TPSA) is 50.8 Å². The van der Waals surface area contributed by atoms with Crippen molar-refractivity contribution in [1.29, 1.82) is 0 Å². The van der Waals surface area contributed by atoms with Crippen LogP contribution in [0.15, 0.2) is 24.3 Å². The predicted octanol–water partition coefficient (Wildman–Crippen LogP) is 1.45. The molecule has 2 heterocycles. The highest BCUT2D eigenvalue weighted by molar-refractivity contribution is 7.80. The van der Waals surface area contributed by atoms with Gasteiger partial charge < -0.3 is 19.7 Å². The second kappa shape index (κ2) is 4.34. The fraction of sp³-hybridized carbons (Fsp3) is 0.429. The van der Waals surface area contributed by atoms with Gasteiger partial charge in [-0.1, -0.05) is 18.2 Å². The van der Waals surface area contributed by atoms with Gasteiger partial charge in [0.05, 0.1) is 13.2 Å². The van der Waals surface area contributed by atoms with Gasteiger partial charge in [-0.2, -0.15) is 0 Å². The number of hydrogen-bond acceptors (Lipinski definition) is 4. The van der Waals surface area contributed by atoms with Gasteiger partial charge in [-0.3, -0.25) is 4.79 Å². The molecule has 0 amide bonds. The second-order valence-electron chi connectivity index (χ2n) is 5.18. The summed E-state index contributed by atoms with van der Waals surface area (Å²) in [5.74, 6) is -0.0324. The fourth-order valence-corrected chi connectivity index (χ4v) is 3.26. The maximum atomic E-state index is 12.2. The molecule has 1 aromatic carbocycles. The maximum Gasteiger partial charge on any atom is 0.317 e. The lowest BCUT2D eigenvalue weighted by atomic mass is 9.80. The minimum absolute atomic E-state index is 0.235. The number of fused-ring (bicyclic) bond motifs is 4. The Balaban J connectivity index is 2.18. The number of para-hydroxylation sites is 1. The lowest BCUT2D eigenvalue weighted by Gasteiger charge is -2.54. The standard InChI is InChI=1S/C14H16N2O3S/c1-14-10(12(17)18-3)11(15-13(20)16(14)2)8-6-4-5-7-9(8)19-14/h4-7,10-11H,1-3H3,(H,15,20)/t10-,11-,14-/m0/s1. The van der Waals surface area contributed by atoms with Crippen LogP contribution in [-0.4, -0.2) is 35.9 Å². The molecule has 0 spiro atoms. The van der Waals surface area contributed by atoms with Crippen LogP contribution in [0.1, 0.15) is 18.5 Å². The van der Waals surface area contributed by atoms with Gasteiger partial charge in [-0.05, 0) is 25.2 Å². The monoisotopic (exact) mass is 292 g/mol. The molecule has 3 atom stereocenters. The zero-order valence-corrected chi connectivity index (χ0v) is 12.4. The van der Waals surface area contributed by atoms with Gasteiger partial charge in [0.25, 0.3) is 0 Å². The number of carbonyl (C=O) groups is 1. The molecule has 5 nitrogen and oxygen atoms in total. The largest absolute Gasteiger partial charge is 0.469 e. The number of esters is 1. The molecule has 106 valence electrons. The minimum Gasteiger partial charge on any atom is -0.469 e. The van der Waals surface area contributed by atoms with Crippen molar-refractivity contribution in [3.8, 4) is 5.75 Å². The lowest BCUT2D eigenvalue weighted by Crippen LogP contribution is -2.70. The van der Waals surface area contributed by atoms with Crippen LogP contribution >= 0.6 is 12.2 Å². The average molecular weight is 292 g/mol. The highest BCUT2D eigenvalue weighted by Crippen LogP contribution is 2.47. The average Bonchev–Trinajstić information content (AvgIpc) is 2.44. The van der Waals surface area contributed by atoms with E-state index < -0.39 is 11.6 Å². The minimum atomic E-state index is -0.853. The molecule has 6 heteroatoms. The van der Waals surface area contributed by atoms with E-state index in [1.807, 2.05) is 38.2 Å². The second-order valence-corrected chi connectivity index (χ2v) is 5.57. The van der Waals surface area contributed by atoms with Crippen LogP contribution < -0.4 is 10.1 Å². The Hall–Kier alpha value is -1.82. The number of thiocarbonyl (C=S) groups is 1. The van der Waals surface area contributed by atoms with Crippen LogP contribution in [0, 0.1) is 5.92 Å². The predicted molar refractivity (Wildman–Crippen MR) is 77.2 cm³/mol. The summed E-state index contributed by atoms with van der Waals surface area (Å²) in [6.07, 6.45) is 0. The van der Waals surface area contributed by atoms with Gasteiger partial charge in [0, 0.05) is 12.6 Å². The van der Waals surface area contributed by atoms with Crippen LogP contribution in [0.3, 0.4) is 0 Å². The number of nitrogens with one attached hydrogen (secondary N) is 1. The van der Waals surface area contributed by atoms with Gasteiger partial charge in [-0.25, -0.2) is 0 Å². The third kappa shape index (κ3) is 1.61. The normalized spacial score (nSPS) is 30.9. The number of benzene rings is 1. The van der Waals surface area contributed by atoms with E-state index in [0.29, 0.717) is 5.11 Å². The summed E-state index contributed by atoms with van der Waals surface area (Å²) in [6, 6.07) is 7.44. The van der Waals surface area contributed by atoms with Crippen molar-refractivity contribution in [3.63, 3.8) is 0 Å². The summed E-state index contributed by atoms with van der Waals surface area (Å²) < 4.78 is 11.1. The van der Waals surface area contributed by atoms with Crippen molar-refractivity contribution < 1.29 is 14.3 Å². The lowest BCUT2D eigenvalue weighted by molar-refractivity contribution is -0.170. The molecule has 2 aliphatic rings. The third-order valence-corrected chi connectivity index (χ3v) is 4.58. The number of hydrogen-bond donors (Lipinski definition) is 1. The van der Waals surface area contributed by atoms with Crippen LogP contribution in [-0.2, 0) is 9.53 Å².